The SMILES string of the molecule is CN(C)CCN(Cc1ccccc1C(F)(F)F)C(=O)NCc1cccc2c1CN(CC1CC1)CC2. The van der Waals surface area contributed by atoms with Crippen LogP contribution < -0.4 is 5.32 Å². The highest BCUT2D eigenvalue weighted by Crippen LogP contribution is 2.33. The maximum absolute atomic E-state index is 13.5. The lowest BCUT2D eigenvalue weighted by atomic mass is 9.94. The molecule has 2 aromatic carbocycles. The number of rotatable bonds is 9. The number of likely N-dealkylation sites (N-methyl/N-ethyl adjacent to an activating group) is 1. The number of benzene rings is 2. The van der Waals surface area contributed by atoms with E-state index in [1.54, 1.807) is 6.07 Å². The molecule has 1 aliphatic carbocycles. The second kappa shape index (κ2) is 11.0. The van der Waals surface area contributed by atoms with Crippen LogP contribution >= 0.6 is 0 Å². The highest BCUT2D eigenvalue weighted by Gasteiger charge is 2.33. The molecule has 0 radical (unpaired) electrons. The molecule has 1 N–H and O–H groups in total. The molecule has 190 valence electrons. The van der Waals surface area contributed by atoms with Crippen molar-refractivity contribution in [3.63, 3.8) is 0 Å². The van der Waals surface area contributed by atoms with Gasteiger partial charge in [0.25, 0.3) is 0 Å². The number of halogens is 3. The van der Waals surface area contributed by atoms with Crippen LogP contribution in [0.3, 0.4) is 0 Å². The summed E-state index contributed by atoms with van der Waals surface area (Å²) in [6.45, 7) is 4.23. The molecule has 8 heteroatoms. The van der Waals surface area contributed by atoms with Gasteiger partial charge in [-0.1, -0.05) is 36.4 Å². The van der Waals surface area contributed by atoms with Crippen LogP contribution in [0.1, 0.15) is 40.7 Å². The van der Waals surface area contributed by atoms with Crippen LogP contribution in [0.5, 0.6) is 0 Å². The lowest BCUT2D eigenvalue weighted by Gasteiger charge is -2.31. The molecule has 2 aliphatic rings. The van der Waals surface area contributed by atoms with Gasteiger partial charge < -0.3 is 15.1 Å². The second-order valence-corrected chi connectivity index (χ2v) is 10.0. The summed E-state index contributed by atoms with van der Waals surface area (Å²) in [5.41, 5.74) is 3.09. The first-order valence-corrected chi connectivity index (χ1v) is 12.4. The Bertz CT molecular complexity index is 1020. The summed E-state index contributed by atoms with van der Waals surface area (Å²) in [7, 11) is 3.76. The number of hydrogen-bond donors (Lipinski definition) is 1. The van der Waals surface area contributed by atoms with E-state index in [0.717, 1.165) is 43.6 Å². The van der Waals surface area contributed by atoms with Gasteiger partial charge in [0.1, 0.15) is 0 Å². The molecule has 2 amide bonds. The van der Waals surface area contributed by atoms with Gasteiger partial charge in [-0.2, -0.15) is 13.2 Å². The van der Waals surface area contributed by atoms with E-state index in [1.165, 1.54) is 41.0 Å². The quantitative estimate of drug-likeness (QED) is 0.554. The third kappa shape index (κ3) is 6.98. The van der Waals surface area contributed by atoms with Crippen molar-refractivity contribution in [2.45, 2.75) is 45.1 Å². The number of carbonyl (C=O) groups excluding carboxylic acids is 1. The molecular formula is C27H35F3N4O. The first-order valence-electron chi connectivity index (χ1n) is 12.4. The molecule has 2 aromatic rings. The van der Waals surface area contributed by atoms with Crippen LogP contribution in [0.2, 0.25) is 0 Å². The summed E-state index contributed by atoms with van der Waals surface area (Å²) >= 11 is 0. The Balaban J connectivity index is 1.46. The van der Waals surface area contributed by atoms with Gasteiger partial charge in [-0.05, 0) is 67.6 Å². The highest BCUT2D eigenvalue weighted by molar-refractivity contribution is 5.74. The number of nitrogens with one attached hydrogen (secondary N) is 1. The molecule has 0 saturated heterocycles. The average Bonchev–Trinajstić information content (AvgIpc) is 3.63. The Hall–Kier alpha value is -2.58. The zero-order chi connectivity index (χ0) is 25.0. The van der Waals surface area contributed by atoms with Gasteiger partial charge in [-0.3, -0.25) is 4.90 Å². The molecule has 0 bridgehead atoms. The summed E-state index contributed by atoms with van der Waals surface area (Å²) in [6.07, 6.45) is -0.814. The molecule has 1 saturated carbocycles. The van der Waals surface area contributed by atoms with Crippen LogP contribution in [0.4, 0.5) is 18.0 Å². The summed E-state index contributed by atoms with van der Waals surface area (Å²) in [5, 5.41) is 2.99. The van der Waals surface area contributed by atoms with E-state index in [2.05, 4.69) is 16.3 Å². The maximum Gasteiger partial charge on any atom is 0.416 e. The fourth-order valence-electron chi connectivity index (χ4n) is 4.69. The Morgan fingerprint density at radius 2 is 1.80 bits per heavy atom. The number of carbonyl (C=O) groups is 1. The first-order chi connectivity index (χ1) is 16.7. The third-order valence-corrected chi connectivity index (χ3v) is 6.88. The Labute approximate surface area is 205 Å². The molecule has 0 aromatic heterocycles. The minimum Gasteiger partial charge on any atom is -0.334 e. The standard InChI is InChI=1S/C27H35F3N4O/c1-32(2)14-15-34(18-23-6-3-4-9-25(23)27(28,29)30)26(35)31-16-22-8-5-7-21-12-13-33(19-24(21)22)17-20-10-11-20/h3-9,20H,10-19H2,1-2H3,(H,31,35). The van der Waals surface area contributed by atoms with Crippen molar-refractivity contribution in [3.05, 3.63) is 70.3 Å². The summed E-state index contributed by atoms with van der Waals surface area (Å²) in [6, 6.07) is 11.3. The van der Waals surface area contributed by atoms with Crippen molar-refractivity contribution >= 4 is 6.03 Å². The fraction of sp³-hybridized carbons (Fsp3) is 0.519. The molecule has 0 unspecified atom stereocenters. The lowest BCUT2D eigenvalue weighted by molar-refractivity contribution is -0.138. The number of urea groups is 1. The molecule has 0 atom stereocenters. The second-order valence-electron chi connectivity index (χ2n) is 10.0. The van der Waals surface area contributed by atoms with E-state index in [0.29, 0.717) is 19.6 Å². The van der Waals surface area contributed by atoms with Crippen LogP contribution in [0, 0.1) is 5.92 Å². The van der Waals surface area contributed by atoms with Gasteiger partial charge in [0.2, 0.25) is 0 Å². The molecule has 1 heterocycles. The van der Waals surface area contributed by atoms with Crippen molar-refractivity contribution in [2.24, 2.45) is 5.92 Å². The summed E-state index contributed by atoms with van der Waals surface area (Å²) in [5.74, 6) is 0.827. The number of fused-ring (bicyclic) bond motifs is 1. The van der Waals surface area contributed by atoms with E-state index in [4.69, 9.17) is 0 Å². The van der Waals surface area contributed by atoms with Gasteiger partial charge in [0, 0.05) is 45.8 Å². The van der Waals surface area contributed by atoms with Crippen molar-refractivity contribution < 1.29 is 18.0 Å². The predicted molar refractivity (Wildman–Crippen MR) is 131 cm³/mol. The third-order valence-electron chi connectivity index (χ3n) is 6.88. The zero-order valence-corrected chi connectivity index (χ0v) is 20.6. The van der Waals surface area contributed by atoms with E-state index < -0.39 is 11.7 Å². The van der Waals surface area contributed by atoms with E-state index >= 15 is 0 Å². The molecule has 1 fully saturated rings. The number of amides is 2. The molecular weight excluding hydrogens is 453 g/mol. The number of alkyl halides is 3. The van der Waals surface area contributed by atoms with Gasteiger partial charge in [0.05, 0.1) is 5.56 Å². The Morgan fingerprint density at radius 3 is 2.51 bits per heavy atom. The van der Waals surface area contributed by atoms with E-state index in [1.807, 2.05) is 31.1 Å². The van der Waals surface area contributed by atoms with Gasteiger partial charge in [-0.15, -0.1) is 0 Å². The normalized spacial score (nSPS) is 16.3. The Kier molecular flexibility index (Phi) is 8.02. The minimum absolute atomic E-state index is 0.0988. The average molecular weight is 489 g/mol. The monoisotopic (exact) mass is 488 g/mol. The van der Waals surface area contributed by atoms with Crippen LogP contribution in [-0.2, 0) is 32.2 Å². The Morgan fingerprint density at radius 1 is 1.06 bits per heavy atom. The van der Waals surface area contributed by atoms with Crippen LogP contribution in [0.15, 0.2) is 42.5 Å². The smallest absolute Gasteiger partial charge is 0.334 e. The van der Waals surface area contributed by atoms with Gasteiger partial charge in [-0.25, -0.2) is 4.79 Å². The maximum atomic E-state index is 13.5. The van der Waals surface area contributed by atoms with Crippen molar-refractivity contribution in [3.8, 4) is 0 Å². The van der Waals surface area contributed by atoms with E-state index in [-0.39, 0.29) is 18.1 Å². The van der Waals surface area contributed by atoms with Crippen molar-refractivity contribution in [1.29, 1.82) is 0 Å². The number of nitrogens with zero attached hydrogens (tertiary/aromatic N) is 3. The summed E-state index contributed by atoms with van der Waals surface area (Å²) < 4.78 is 40.6. The summed E-state index contributed by atoms with van der Waals surface area (Å²) in [4.78, 5) is 19.1. The van der Waals surface area contributed by atoms with Crippen molar-refractivity contribution in [2.75, 3.05) is 40.3 Å². The highest BCUT2D eigenvalue weighted by atomic mass is 19.4. The van der Waals surface area contributed by atoms with Crippen LogP contribution in [-0.4, -0.2) is 61.0 Å². The fourth-order valence-corrected chi connectivity index (χ4v) is 4.69. The topological polar surface area (TPSA) is 38.8 Å². The number of hydrogen-bond acceptors (Lipinski definition) is 3. The molecule has 35 heavy (non-hydrogen) atoms. The van der Waals surface area contributed by atoms with E-state index in [9.17, 15) is 18.0 Å². The first kappa shape index (κ1) is 25.5. The molecule has 0 spiro atoms. The predicted octanol–water partition coefficient (Wildman–Crippen LogP) is 4.75. The van der Waals surface area contributed by atoms with Crippen LogP contribution in [0.25, 0.3) is 0 Å². The minimum atomic E-state index is -4.46. The molecule has 4 rings (SSSR count). The molecule has 5 nitrogen and oxygen atoms in total. The van der Waals surface area contributed by atoms with Crippen molar-refractivity contribution in [1.82, 2.24) is 20.0 Å². The molecule has 1 aliphatic heterocycles. The van der Waals surface area contributed by atoms with Gasteiger partial charge in [0.15, 0.2) is 0 Å². The zero-order valence-electron chi connectivity index (χ0n) is 20.6. The van der Waals surface area contributed by atoms with Gasteiger partial charge >= 0.3 is 12.2 Å². The lowest BCUT2D eigenvalue weighted by Crippen LogP contribution is -2.43. The largest absolute Gasteiger partial charge is 0.416 e.